The number of anilines is 1. The molecule has 1 aromatic rings. The van der Waals surface area contributed by atoms with Crippen LogP contribution in [0.2, 0.25) is 0 Å². The molecular weight excluding hydrogens is 294 g/mol. The van der Waals surface area contributed by atoms with E-state index in [4.69, 9.17) is 0 Å². The second-order valence-corrected chi connectivity index (χ2v) is 5.38. The summed E-state index contributed by atoms with van der Waals surface area (Å²) in [6.07, 6.45) is 5.95. The lowest BCUT2D eigenvalue weighted by Crippen LogP contribution is -2.26. The Kier molecular flexibility index (Phi) is 6.39. The molecule has 1 heterocycles. The molecule has 0 spiro atoms. The van der Waals surface area contributed by atoms with Gasteiger partial charge in [-0.15, -0.1) is 0 Å². The third-order valence-corrected chi connectivity index (χ3v) is 3.60. The molecule has 0 saturated carbocycles. The van der Waals surface area contributed by atoms with Crippen LogP contribution in [-0.2, 0) is 6.54 Å². The van der Waals surface area contributed by atoms with Gasteiger partial charge in [0.2, 0.25) is 0 Å². The van der Waals surface area contributed by atoms with Crippen LogP contribution in [-0.4, -0.2) is 15.8 Å². The molecule has 5 heteroatoms. The van der Waals surface area contributed by atoms with Gasteiger partial charge in [0.1, 0.15) is 4.47 Å². The first-order chi connectivity index (χ1) is 8.60. The number of hydrogen-bond acceptors (Lipinski definition) is 3. The van der Waals surface area contributed by atoms with Gasteiger partial charge in [0, 0.05) is 12.6 Å². The minimum absolute atomic E-state index is 0.0582. The van der Waals surface area contributed by atoms with Crippen molar-refractivity contribution in [1.82, 2.24) is 9.78 Å². The van der Waals surface area contributed by atoms with E-state index in [-0.39, 0.29) is 5.56 Å². The topological polar surface area (TPSA) is 46.9 Å². The third-order valence-electron chi connectivity index (χ3n) is 2.83. The van der Waals surface area contributed by atoms with Gasteiger partial charge in [0.15, 0.2) is 0 Å². The molecule has 0 aliphatic heterocycles. The summed E-state index contributed by atoms with van der Waals surface area (Å²) in [5, 5.41) is 7.51. The van der Waals surface area contributed by atoms with Crippen molar-refractivity contribution in [1.29, 1.82) is 0 Å². The van der Waals surface area contributed by atoms with Crippen molar-refractivity contribution in [2.75, 3.05) is 5.32 Å². The number of aryl methyl sites for hydroxylation is 1. The Morgan fingerprint density at radius 2 is 2.17 bits per heavy atom. The first-order valence-electron chi connectivity index (χ1n) is 6.62. The van der Waals surface area contributed by atoms with E-state index >= 15 is 0 Å². The van der Waals surface area contributed by atoms with E-state index in [2.05, 4.69) is 47.1 Å². The molecule has 4 nitrogen and oxygen atoms in total. The largest absolute Gasteiger partial charge is 0.380 e. The Bertz CT molecular complexity index is 431. The minimum atomic E-state index is -0.0582. The maximum Gasteiger partial charge on any atom is 0.283 e. The van der Waals surface area contributed by atoms with Crippen LogP contribution in [0.25, 0.3) is 0 Å². The third kappa shape index (κ3) is 4.12. The van der Waals surface area contributed by atoms with E-state index in [0.29, 0.717) is 17.1 Å². The van der Waals surface area contributed by atoms with Crippen molar-refractivity contribution >= 4 is 21.6 Å². The highest BCUT2D eigenvalue weighted by atomic mass is 79.9. The number of hydrogen-bond donors (Lipinski definition) is 1. The first-order valence-corrected chi connectivity index (χ1v) is 7.41. The molecule has 0 bridgehead atoms. The predicted octanol–water partition coefficient (Wildman–Crippen LogP) is 3.41. The van der Waals surface area contributed by atoms with Gasteiger partial charge in [0.25, 0.3) is 5.56 Å². The molecule has 0 saturated heterocycles. The summed E-state index contributed by atoms with van der Waals surface area (Å²) in [5.74, 6) is 0. The maximum absolute atomic E-state index is 12.0. The van der Waals surface area contributed by atoms with Crippen LogP contribution < -0.4 is 10.9 Å². The SMILES string of the molecule is CCCCn1ncc(NC(C)CCC)c(Br)c1=O. The van der Waals surface area contributed by atoms with Gasteiger partial charge in [-0.1, -0.05) is 26.7 Å². The highest BCUT2D eigenvalue weighted by Gasteiger charge is 2.10. The molecule has 1 unspecified atom stereocenters. The Hall–Kier alpha value is -0.840. The summed E-state index contributed by atoms with van der Waals surface area (Å²) in [4.78, 5) is 12.0. The Morgan fingerprint density at radius 3 is 2.78 bits per heavy atom. The fourth-order valence-corrected chi connectivity index (χ4v) is 2.22. The van der Waals surface area contributed by atoms with Crippen molar-refractivity contribution in [2.45, 2.75) is 59.0 Å². The molecule has 0 aromatic carbocycles. The molecule has 0 fully saturated rings. The standard InChI is InChI=1S/C13H22BrN3O/c1-4-6-8-17-13(18)12(14)11(9-15-17)16-10(3)7-5-2/h9-10,16H,4-8H2,1-3H3. The zero-order valence-corrected chi connectivity index (χ0v) is 13.0. The molecule has 1 rings (SSSR count). The number of aromatic nitrogens is 2. The van der Waals surface area contributed by atoms with Crippen LogP contribution in [0.4, 0.5) is 5.69 Å². The maximum atomic E-state index is 12.0. The van der Waals surface area contributed by atoms with Crippen molar-refractivity contribution in [3.05, 3.63) is 21.0 Å². The number of unbranched alkanes of at least 4 members (excludes halogenated alkanes) is 1. The number of nitrogens with one attached hydrogen (secondary N) is 1. The van der Waals surface area contributed by atoms with Gasteiger partial charge < -0.3 is 5.32 Å². The molecule has 0 amide bonds. The van der Waals surface area contributed by atoms with E-state index in [0.717, 1.165) is 31.4 Å². The van der Waals surface area contributed by atoms with Crippen molar-refractivity contribution in [3.63, 3.8) is 0 Å². The Labute approximate surface area is 117 Å². The van der Waals surface area contributed by atoms with Gasteiger partial charge in [-0.2, -0.15) is 5.10 Å². The fraction of sp³-hybridized carbons (Fsp3) is 0.692. The molecular formula is C13H22BrN3O. The molecule has 0 radical (unpaired) electrons. The van der Waals surface area contributed by atoms with Gasteiger partial charge in [-0.3, -0.25) is 4.79 Å². The normalized spacial score (nSPS) is 12.4. The molecule has 1 atom stereocenters. The Balaban J connectivity index is 2.83. The number of nitrogens with zero attached hydrogens (tertiary/aromatic N) is 2. The molecule has 102 valence electrons. The summed E-state index contributed by atoms with van der Waals surface area (Å²) >= 11 is 3.37. The highest BCUT2D eigenvalue weighted by Crippen LogP contribution is 2.18. The zero-order valence-electron chi connectivity index (χ0n) is 11.4. The van der Waals surface area contributed by atoms with Crippen LogP contribution in [0.15, 0.2) is 15.5 Å². The van der Waals surface area contributed by atoms with Crippen LogP contribution in [0.1, 0.15) is 46.5 Å². The van der Waals surface area contributed by atoms with Crippen LogP contribution in [0.5, 0.6) is 0 Å². The van der Waals surface area contributed by atoms with Crippen LogP contribution in [0, 0.1) is 0 Å². The summed E-state index contributed by atoms with van der Waals surface area (Å²) in [6.45, 7) is 7.04. The molecule has 1 N–H and O–H groups in total. The summed E-state index contributed by atoms with van der Waals surface area (Å²) in [5.41, 5.74) is 0.728. The van der Waals surface area contributed by atoms with Crippen molar-refractivity contribution in [3.8, 4) is 0 Å². The summed E-state index contributed by atoms with van der Waals surface area (Å²) in [6, 6.07) is 0.346. The van der Waals surface area contributed by atoms with Crippen molar-refractivity contribution in [2.24, 2.45) is 0 Å². The van der Waals surface area contributed by atoms with Crippen molar-refractivity contribution < 1.29 is 0 Å². The summed E-state index contributed by atoms with van der Waals surface area (Å²) in [7, 11) is 0. The van der Waals surface area contributed by atoms with Gasteiger partial charge >= 0.3 is 0 Å². The summed E-state index contributed by atoms with van der Waals surface area (Å²) < 4.78 is 2.10. The first kappa shape index (κ1) is 15.2. The average Bonchev–Trinajstić information content (AvgIpc) is 2.34. The monoisotopic (exact) mass is 315 g/mol. The minimum Gasteiger partial charge on any atom is -0.380 e. The number of rotatable bonds is 7. The molecule has 18 heavy (non-hydrogen) atoms. The fourth-order valence-electron chi connectivity index (χ4n) is 1.80. The molecule has 0 aliphatic carbocycles. The molecule has 1 aromatic heterocycles. The predicted molar refractivity (Wildman–Crippen MR) is 79.1 cm³/mol. The number of halogens is 1. The van der Waals surface area contributed by atoms with E-state index in [9.17, 15) is 4.79 Å². The lowest BCUT2D eigenvalue weighted by Gasteiger charge is -2.15. The quantitative estimate of drug-likeness (QED) is 0.838. The van der Waals surface area contributed by atoms with Gasteiger partial charge in [0.05, 0.1) is 11.9 Å². The Morgan fingerprint density at radius 1 is 1.44 bits per heavy atom. The van der Waals surface area contributed by atoms with Gasteiger partial charge in [-0.05, 0) is 35.7 Å². The van der Waals surface area contributed by atoms with E-state index in [1.165, 1.54) is 4.68 Å². The smallest absolute Gasteiger partial charge is 0.283 e. The van der Waals surface area contributed by atoms with Gasteiger partial charge in [-0.25, -0.2) is 4.68 Å². The van der Waals surface area contributed by atoms with Crippen LogP contribution in [0.3, 0.4) is 0 Å². The second-order valence-electron chi connectivity index (χ2n) is 4.59. The highest BCUT2D eigenvalue weighted by molar-refractivity contribution is 9.10. The average molecular weight is 316 g/mol. The van der Waals surface area contributed by atoms with Crippen LogP contribution >= 0.6 is 15.9 Å². The lowest BCUT2D eigenvalue weighted by atomic mass is 10.2. The van der Waals surface area contributed by atoms with E-state index < -0.39 is 0 Å². The zero-order chi connectivity index (χ0) is 13.5. The van der Waals surface area contributed by atoms with E-state index in [1.807, 2.05) is 0 Å². The molecule has 0 aliphatic rings. The second kappa shape index (κ2) is 7.56. The lowest BCUT2D eigenvalue weighted by molar-refractivity contribution is 0.540. The van der Waals surface area contributed by atoms with E-state index in [1.54, 1.807) is 6.20 Å².